The molecular weight excluding hydrogens is 294 g/mol. The zero-order chi connectivity index (χ0) is 13.1. The first-order valence-electron chi connectivity index (χ1n) is 6.29. The lowest BCUT2D eigenvalue weighted by atomic mass is 9.85. The van der Waals surface area contributed by atoms with Crippen molar-refractivity contribution in [2.75, 3.05) is 11.9 Å². The number of halogens is 1. The molecule has 98 valence electrons. The lowest BCUT2D eigenvalue weighted by molar-refractivity contribution is -0.142. The average molecular weight is 312 g/mol. The zero-order valence-electron chi connectivity index (χ0n) is 10.5. The molecule has 3 nitrogen and oxygen atoms in total. The first-order chi connectivity index (χ1) is 8.58. The van der Waals surface area contributed by atoms with Crippen molar-refractivity contribution in [1.29, 1.82) is 0 Å². The van der Waals surface area contributed by atoms with Gasteiger partial charge in [-0.15, -0.1) is 0 Å². The van der Waals surface area contributed by atoms with Crippen molar-refractivity contribution in [1.82, 2.24) is 0 Å². The van der Waals surface area contributed by atoms with Crippen LogP contribution in [0.4, 0.5) is 5.69 Å². The van der Waals surface area contributed by atoms with Gasteiger partial charge in [-0.05, 0) is 49.9 Å². The van der Waals surface area contributed by atoms with Crippen molar-refractivity contribution in [3.05, 3.63) is 28.7 Å². The van der Waals surface area contributed by atoms with E-state index in [-0.39, 0.29) is 5.92 Å². The summed E-state index contributed by atoms with van der Waals surface area (Å²) in [6, 6.07) is 8.71. The summed E-state index contributed by atoms with van der Waals surface area (Å²) in [5.74, 6) is -0.778. The molecule has 0 heterocycles. The normalized spacial score (nSPS) is 23.7. The van der Waals surface area contributed by atoms with Crippen LogP contribution in [0, 0.1) is 5.92 Å². The number of hydrogen-bond acceptors (Lipinski definition) is 2. The van der Waals surface area contributed by atoms with Crippen LogP contribution in [0.5, 0.6) is 0 Å². The molecule has 1 saturated carbocycles. The Labute approximate surface area is 116 Å². The third-order valence-corrected chi connectivity index (χ3v) is 4.36. The standard InChI is InChI=1S/C14H18BrNO2/c1-16(13-8-4-11(15)5-9-13)12-6-2-10(3-7-12)14(17)18/h4-5,8-10,12H,2-3,6-7H2,1H3,(H,17,18)/t10-,12-. The van der Waals surface area contributed by atoms with Gasteiger partial charge in [0, 0.05) is 23.2 Å². The van der Waals surface area contributed by atoms with E-state index in [2.05, 4.69) is 40.0 Å². The lowest BCUT2D eigenvalue weighted by Crippen LogP contribution is -2.36. The molecule has 0 bridgehead atoms. The number of anilines is 1. The molecule has 0 saturated heterocycles. The fraction of sp³-hybridized carbons (Fsp3) is 0.500. The largest absolute Gasteiger partial charge is 0.481 e. The number of benzene rings is 1. The minimum absolute atomic E-state index is 0.139. The Morgan fingerprint density at radius 2 is 1.78 bits per heavy atom. The minimum atomic E-state index is -0.639. The number of carboxylic acid groups (broad SMARTS) is 1. The van der Waals surface area contributed by atoms with Gasteiger partial charge in [-0.2, -0.15) is 0 Å². The van der Waals surface area contributed by atoms with Crippen LogP contribution in [-0.2, 0) is 4.79 Å². The first-order valence-corrected chi connectivity index (χ1v) is 7.08. The molecular formula is C14H18BrNO2. The summed E-state index contributed by atoms with van der Waals surface area (Å²) >= 11 is 3.43. The molecule has 0 spiro atoms. The van der Waals surface area contributed by atoms with Crippen LogP contribution in [0.25, 0.3) is 0 Å². The van der Waals surface area contributed by atoms with E-state index in [9.17, 15) is 4.79 Å². The van der Waals surface area contributed by atoms with Crippen molar-refractivity contribution >= 4 is 27.6 Å². The predicted octanol–water partition coefficient (Wildman–Crippen LogP) is 3.53. The number of nitrogens with zero attached hydrogens (tertiary/aromatic N) is 1. The Balaban J connectivity index is 1.97. The molecule has 0 aliphatic heterocycles. The third kappa shape index (κ3) is 3.05. The van der Waals surface area contributed by atoms with Crippen molar-refractivity contribution in [2.45, 2.75) is 31.7 Å². The molecule has 1 aliphatic carbocycles. The molecule has 1 fully saturated rings. The molecule has 0 radical (unpaired) electrons. The van der Waals surface area contributed by atoms with Gasteiger partial charge >= 0.3 is 5.97 Å². The van der Waals surface area contributed by atoms with Gasteiger partial charge in [-0.25, -0.2) is 0 Å². The van der Waals surface area contributed by atoms with E-state index in [0.29, 0.717) is 6.04 Å². The monoisotopic (exact) mass is 311 g/mol. The van der Waals surface area contributed by atoms with Gasteiger partial charge in [0.15, 0.2) is 0 Å². The molecule has 1 N–H and O–H groups in total. The summed E-state index contributed by atoms with van der Waals surface area (Å²) in [7, 11) is 2.09. The van der Waals surface area contributed by atoms with Crippen molar-refractivity contribution in [3.8, 4) is 0 Å². The van der Waals surface area contributed by atoms with E-state index in [0.717, 1.165) is 30.2 Å². The molecule has 0 amide bonds. The predicted molar refractivity (Wildman–Crippen MR) is 75.9 cm³/mol. The minimum Gasteiger partial charge on any atom is -0.481 e. The van der Waals surface area contributed by atoms with Crippen LogP contribution >= 0.6 is 15.9 Å². The highest BCUT2D eigenvalue weighted by atomic mass is 79.9. The Morgan fingerprint density at radius 1 is 1.22 bits per heavy atom. The van der Waals surface area contributed by atoms with Gasteiger partial charge in [0.05, 0.1) is 5.92 Å². The summed E-state index contributed by atoms with van der Waals surface area (Å²) in [5, 5.41) is 8.99. The maximum atomic E-state index is 10.9. The maximum Gasteiger partial charge on any atom is 0.306 e. The third-order valence-electron chi connectivity index (χ3n) is 3.83. The Hall–Kier alpha value is -1.03. The van der Waals surface area contributed by atoms with Crippen LogP contribution in [0.15, 0.2) is 28.7 Å². The summed E-state index contributed by atoms with van der Waals surface area (Å²) in [6.07, 6.45) is 3.51. The highest BCUT2D eigenvalue weighted by molar-refractivity contribution is 9.10. The van der Waals surface area contributed by atoms with E-state index < -0.39 is 5.97 Å². The molecule has 1 aliphatic rings. The summed E-state index contributed by atoms with van der Waals surface area (Å²) in [4.78, 5) is 13.2. The van der Waals surface area contributed by atoms with Crippen molar-refractivity contribution in [3.63, 3.8) is 0 Å². The van der Waals surface area contributed by atoms with Crippen molar-refractivity contribution in [2.24, 2.45) is 5.92 Å². The summed E-state index contributed by atoms with van der Waals surface area (Å²) < 4.78 is 1.08. The molecule has 2 rings (SSSR count). The van der Waals surface area contributed by atoms with Gasteiger partial charge < -0.3 is 10.0 Å². The van der Waals surface area contributed by atoms with Crippen LogP contribution in [0.2, 0.25) is 0 Å². The van der Waals surface area contributed by atoms with Crippen LogP contribution in [0.1, 0.15) is 25.7 Å². The first kappa shape index (κ1) is 13.4. The average Bonchev–Trinajstić information content (AvgIpc) is 2.39. The van der Waals surface area contributed by atoms with E-state index in [1.807, 2.05) is 12.1 Å². The second-order valence-corrected chi connectivity index (χ2v) is 5.85. The Kier molecular flexibility index (Phi) is 4.27. The summed E-state index contributed by atoms with van der Waals surface area (Å²) in [6.45, 7) is 0. The van der Waals surface area contributed by atoms with E-state index in [1.165, 1.54) is 5.69 Å². The van der Waals surface area contributed by atoms with Gasteiger partial charge in [-0.1, -0.05) is 15.9 Å². The van der Waals surface area contributed by atoms with E-state index >= 15 is 0 Å². The Bertz CT molecular complexity index is 410. The number of carbonyl (C=O) groups is 1. The Morgan fingerprint density at radius 3 is 2.28 bits per heavy atom. The van der Waals surface area contributed by atoms with Gasteiger partial charge in [0.25, 0.3) is 0 Å². The second kappa shape index (κ2) is 5.74. The molecule has 18 heavy (non-hydrogen) atoms. The van der Waals surface area contributed by atoms with Crippen LogP contribution in [-0.4, -0.2) is 24.2 Å². The number of aliphatic carboxylic acids is 1. The maximum absolute atomic E-state index is 10.9. The van der Waals surface area contributed by atoms with Gasteiger partial charge in [0.1, 0.15) is 0 Å². The molecule has 0 atom stereocenters. The number of hydrogen-bond donors (Lipinski definition) is 1. The molecule has 1 aromatic carbocycles. The zero-order valence-corrected chi connectivity index (χ0v) is 12.1. The fourth-order valence-corrected chi connectivity index (χ4v) is 2.86. The fourth-order valence-electron chi connectivity index (χ4n) is 2.60. The molecule has 4 heteroatoms. The van der Waals surface area contributed by atoms with E-state index in [1.54, 1.807) is 0 Å². The topological polar surface area (TPSA) is 40.5 Å². The van der Waals surface area contributed by atoms with Crippen LogP contribution in [0.3, 0.4) is 0 Å². The molecule has 0 aromatic heterocycles. The van der Waals surface area contributed by atoms with Crippen molar-refractivity contribution < 1.29 is 9.90 Å². The highest BCUT2D eigenvalue weighted by Gasteiger charge is 2.27. The molecule has 1 aromatic rings. The number of carboxylic acids is 1. The summed E-state index contributed by atoms with van der Waals surface area (Å²) in [5.41, 5.74) is 1.19. The smallest absolute Gasteiger partial charge is 0.306 e. The number of rotatable bonds is 3. The molecule has 0 unspecified atom stereocenters. The SMILES string of the molecule is CN(c1ccc(Br)cc1)[C@H]1CC[C@H](C(=O)O)CC1. The van der Waals surface area contributed by atoms with Gasteiger partial charge in [0.2, 0.25) is 0 Å². The van der Waals surface area contributed by atoms with E-state index in [4.69, 9.17) is 5.11 Å². The second-order valence-electron chi connectivity index (χ2n) is 4.93. The van der Waals surface area contributed by atoms with Gasteiger partial charge in [-0.3, -0.25) is 4.79 Å². The highest BCUT2D eigenvalue weighted by Crippen LogP contribution is 2.30. The van der Waals surface area contributed by atoms with Crippen LogP contribution < -0.4 is 4.90 Å². The quantitative estimate of drug-likeness (QED) is 0.928. The lowest BCUT2D eigenvalue weighted by Gasteiger charge is -2.34.